The van der Waals surface area contributed by atoms with Crippen LogP contribution in [-0.2, 0) is 0 Å². The highest BCUT2D eigenvalue weighted by molar-refractivity contribution is 6.08. The third-order valence-electron chi connectivity index (χ3n) is 3.91. The van der Waals surface area contributed by atoms with Gasteiger partial charge in [-0.2, -0.15) is 4.40 Å². The van der Waals surface area contributed by atoms with Crippen molar-refractivity contribution in [1.29, 1.82) is 0 Å². The highest BCUT2D eigenvalue weighted by Crippen LogP contribution is 2.29. The van der Waals surface area contributed by atoms with Crippen molar-refractivity contribution >= 4 is 27.1 Å². The minimum absolute atomic E-state index is 0. The molecule has 4 aromatic rings. The van der Waals surface area contributed by atoms with E-state index in [0.717, 1.165) is 22.0 Å². The monoisotopic (exact) mass is 339 g/mol. The van der Waals surface area contributed by atoms with E-state index in [0.29, 0.717) is 5.75 Å². The molecule has 0 amide bonds. The molecule has 0 spiro atoms. The Kier molecular flexibility index (Phi) is 3.30. The summed E-state index contributed by atoms with van der Waals surface area (Å²) in [5.41, 5.74) is 2.26. The molecule has 0 saturated carbocycles. The Labute approximate surface area is 133 Å². The molecule has 1 N–H and O–H groups in total. The summed E-state index contributed by atoms with van der Waals surface area (Å²) in [6.45, 7) is 2.06. The van der Waals surface area contributed by atoms with E-state index in [1.807, 2.05) is 18.2 Å². The maximum Gasteiger partial charge on any atom is 0.226 e. The summed E-state index contributed by atoms with van der Waals surface area (Å²) in [7, 11) is 0. The largest absolute Gasteiger partial charge is 1.00 e. The zero-order valence-electron chi connectivity index (χ0n) is 11.5. The van der Waals surface area contributed by atoms with Gasteiger partial charge in [0.25, 0.3) is 0 Å². The standard InChI is InChI=1S/C18H13NO.BrH/c1-12-10-13-6-2-3-7-14(13)18-16-9-5-4-8-15(16)17(20)11-19(12)18;/h2-11H,1H3;1H. The molecule has 0 radical (unpaired) electrons. The van der Waals surface area contributed by atoms with Crippen molar-refractivity contribution in [3.63, 3.8) is 0 Å². The summed E-state index contributed by atoms with van der Waals surface area (Å²) in [5.74, 6) is 0.316. The molecule has 0 fully saturated rings. The second-order valence-corrected chi connectivity index (χ2v) is 5.15. The van der Waals surface area contributed by atoms with Gasteiger partial charge in [0.05, 0.1) is 10.8 Å². The smallest absolute Gasteiger partial charge is 0.226 e. The molecule has 2 aromatic carbocycles. The van der Waals surface area contributed by atoms with E-state index in [1.54, 1.807) is 6.20 Å². The fourth-order valence-electron chi connectivity index (χ4n) is 2.99. The molecule has 0 saturated heterocycles. The molecule has 3 heteroatoms. The van der Waals surface area contributed by atoms with Crippen molar-refractivity contribution in [2.75, 3.05) is 0 Å². The molecule has 0 aliphatic heterocycles. The summed E-state index contributed by atoms with van der Waals surface area (Å²) in [4.78, 5) is 0. The van der Waals surface area contributed by atoms with E-state index in [4.69, 9.17) is 0 Å². The average Bonchev–Trinajstić information content (AvgIpc) is 2.48. The summed E-state index contributed by atoms with van der Waals surface area (Å²) in [6, 6.07) is 18.5. The SMILES string of the molecule is Cc1cc2ccccc2c2c3ccccc3c(O)c[n+]12.[Br-]. The van der Waals surface area contributed by atoms with Gasteiger partial charge in [0.15, 0.2) is 11.4 Å². The number of aromatic hydroxyl groups is 1. The first-order valence-electron chi connectivity index (χ1n) is 6.70. The fraction of sp³-hybridized carbons (Fsp3) is 0.0556. The molecule has 2 aromatic heterocycles. The van der Waals surface area contributed by atoms with Crippen molar-refractivity contribution in [2.24, 2.45) is 0 Å². The Morgan fingerprint density at radius 2 is 1.48 bits per heavy atom. The molecular weight excluding hydrogens is 326 g/mol. The number of nitrogens with zero attached hydrogens (tertiary/aromatic N) is 1. The molecule has 0 atom stereocenters. The minimum Gasteiger partial charge on any atom is -1.00 e. The predicted molar refractivity (Wildman–Crippen MR) is 81.0 cm³/mol. The molecule has 2 heterocycles. The molecule has 0 bridgehead atoms. The lowest BCUT2D eigenvalue weighted by Gasteiger charge is -2.05. The first-order chi connectivity index (χ1) is 9.75. The number of halogens is 1. The number of hydrogen-bond acceptors (Lipinski definition) is 1. The molecular formula is C18H14BrNO. The van der Waals surface area contributed by atoms with Crippen molar-refractivity contribution < 1.29 is 26.5 Å². The summed E-state index contributed by atoms with van der Waals surface area (Å²) in [6.07, 6.45) is 1.80. The van der Waals surface area contributed by atoms with E-state index in [1.165, 1.54) is 10.8 Å². The average molecular weight is 340 g/mol. The van der Waals surface area contributed by atoms with Crippen LogP contribution < -0.4 is 21.4 Å². The van der Waals surface area contributed by atoms with Crippen LogP contribution in [0.2, 0.25) is 0 Å². The van der Waals surface area contributed by atoms with Gasteiger partial charge in [-0.05, 0) is 17.5 Å². The number of aryl methyl sites for hydroxylation is 1. The Morgan fingerprint density at radius 1 is 0.857 bits per heavy atom. The topological polar surface area (TPSA) is 24.3 Å². The summed E-state index contributed by atoms with van der Waals surface area (Å²) < 4.78 is 2.07. The van der Waals surface area contributed by atoms with Gasteiger partial charge in [0.2, 0.25) is 11.7 Å². The Morgan fingerprint density at radius 3 is 2.24 bits per heavy atom. The van der Waals surface area contributed by atoms with Crippen LogP contribution in [0.3, 0.4) is 0 Å². The van der Waals surface area contributed by atoms with Gasteiger partial charge in [0.1, 0.15) is 0 Å². The van der Waals surface area contributed by atoms with Gasteiger partial charge >= 0.3 is 0 Å². The summed E-state index contributed by atoms with van der Waals surface area (Å²) >= 11 is 0. The Bertz CT molecular complexity index is 979. The lowest BCUT2D eigenvalue weighted by molar-refractivity contribution is -0.518. The number of aromatic nitrogens is 1. The third-order valence-corrected chi connectivity index (χ3v) is 3.91. The van der Waals surface area contributed by atoms with Crippen LogP contribution in [-0.4, -0.2) is 5.11 Å². The second kappa shape index (κ2) is 5.01. The number of rotatable bonds is 0. The van der Waals surface area contributed by atoms with Gasteiger partial charge in [-0.25, -0.2) is 0 Å². The van der Waals surface area contributed by atoms with Gasteiger partial charge in [0, 0.05) is 18.4 Å². The van der Waals surface area contributed by atoms with Gasteiger partial charge in [-0.15, -0.1) is 0 Å². The van der Waals surface area contributed by atoms with Crippen LogP contribution in [0.1, 0.15) is 5.69 Å². The lowest BCUT2D eigenvalue weighted by atomic mass is 10.0. The Hall–Kier alpha value is -2.13. The number of pyridine rings is 2. The fourth-order valence-corrected chi connectivity index (χ4v) is 2.99. The minimum atomic E-state index is 0. The number of hydrogen-bond donors (Lipinski definition) is 1. The highest BCUT2D eigenvalue weighted by Gasteiger charge is 2.17. The van der Waals surface area contributed by atoms with Crippen LogP contribution in [0, 0.1) is 6.92 Å². The lowest BCUT2D eigenvalue weighted by Crippen LogP contribution is -3.00. The van der Waals surface area contributed by atoms with E-state index < -0.39 is 0 Å². The maximum atomic E-state index is 10.2. The molecule has 0 aliphatic carbocycles. The molecule has 0 aliphatic rings. The summed E-state index contributed by atoms with van der Waals surface area (Å²) in [5, 5.41) is 14.6. The van der Waals surface area contributed by atoms with Crippen LogP contribution in [0.5, 0.6) is 5.75 Å². The van der Waals surface area contributed by atoms with Crippen molar-refractivity contribution in [2.45, 2.75) is 6.92 Å². The van der Waals surface area contributed by atoms with Crippen molar-refractivity contribution in [3.05, 3.63) is 66.5 Å². The first kappa shape index (κ1) is 13.8. The third kappa shape index (κ3) is 1.96. The highest BCUT2D eigenvalue weighted by atomic mass is 79.9. The first-order valence-corrected chi connectivity index (χ1v) is 6.70. The van der Waals surface area contributed by atoms with Gasteiger partial charge in [-0.3, -0.25) is 0 Å². The molecule has 4 rings (SSSR count). The van der Waals surface area contributed by atoms with E-state index in [2.05, 4.69) is 47.7 Å². The van der Waals surface area contributed by atoms with E-state index in [-0.39, 0.29) is 17.0 Å². The number of fused-ring (bicyclic) bond motifs is 5. The molecule has 104 valence electrons. The van der Waals surface area contributed by atoms with Crippen LogP contribution >= 0.6 is 0 Å². The molecule has 2 nitrogen and oxygen atoms in total. The van der Waals surface area contributed by atoms with Gasteiger partial charge < -0.3 is 22.1 Å². The Balaban J connectivity index is 0.00000132. The normalized spacial score (nSPS) is 10.9. The van der Waals surface area contributed by atoms with E-state index in [9.17, 15) is 5.11 Å². The zero-order chi connectivity index (χ0) is 13.7. The van der Waals surface area contributed by atoms with Gasteiger partial charge in [-0.1, -0.05) is 36.4 Å². The van der Waals surface area contributed by atoms with E-state index >= 15 is 0 Å². The van der Waals surface area contributed by atoms with Crippen molar-refractivity contribution in [1.82, 2.24) is 0 Å². The second-order valence-electron chi connectivity index (χ2n) is 5.15. The molecule has 0 unspecified atom stereocenters. The van der Waals surface area contributed by atoms with Crippen molar-refractivity contribution in [3.8, 4) is 5.75 Å². The maximum absolute atomic E-state index is 10.2. The van der Waals surface area contributed by atoms with Crippen LogP contribution in [0.15, 0.2) is 60.8 Å². The predicted octanol–water partition coefficient (Wildman–Crippen LogP) is 0.750. The quantitative estimate of drug-likeness (QED) is 0.371. The zero-order valence-corrected chi connectivity index (χ0v) is 13.1. The van der Waals surface area contributed by atoms with Crippen LogP contribution in [0.25, 0.3) is 27.1 Å². The number of benzene rings is 2. The molecule has 21 heavy (non-hydrogen) atoms. The van der Waals surface area contributed by atoms with Crippen LogP contribution in [0.4, 0.5) is 0 Å².